The third-order valence-electron chi connectivity index (χ3n) is 4.86. The Kier molecular flexibility index (Phi) is 5.14. The van der Waals surface area contributed by atoms with Gasteiger partial charge in [0.25, 0.3) is 5.91 Å². The van der Waals surface area contributed by atoms with Gasteiger partial charge in [-0.05, 0) is 19.8 Å². The highest BCUT2D eigenvalue weighted by atomic mass is 32.1. The minimum absolute atomic E-state index is 0.0710. The Bertz CT molecular complexity index is 564. The van der Waals surface area contributed by atoms with Gasteiger partial charge in [-0.15, -0.1) is 17.9 Å². The molecule has 1 amide bonds. The lowest BCUT2D eigenvalue weighted by molar-refractivity contribution is 0.0153. The molecule has 2 saturated heterocycles. The number of amides is 1. The maximum absolute atomic E-state index is 12.5. The highest BCUT2D eigenvalue weighted by Gasteiger charge is 2.39. The molecule has 1 aromatic heterocycles. The topological polar surface area (TPSA) is 45.7 Å². The highest BCUT2D eigenvalue weighted by molar-refractivity contribution is 7.09. The molecule has 0 atom stereocenters. The summed E-state index contributed by atoms with van der Waals surface area (Å²) in [5, 5.41) is 2.81. The van der Waals surface area contributed by atoms with Crippen LogP contribution in [0.25, 0.3) is 0 Å². The summed E-state index contributed by atoms with van der Waals surface area (Å²) in [4.78, 5) is 21.2. The molecule has 2 aliphatic heterocycles. The molecule has 5 nitrogen and oxygen atoms in total. The molecule has 0 unspecified atom stereocenters. The van der Waals surface area contributed by atoms with E-state index < -0.39 is 0 Å². The molecule has 3 rings (SSSR count). The van der Waals surface area contributed by atoms with Crippen LogP contribution in [0.15, 0.2) is 18.0 Å². The number of thiazole rings is 1. The van der Waals surface area contributed by atoms with Crippen molar-refractivity contribution in [1.29, 1.82) is 0 Å². The molecule has 0 N–H and O–H groups in total. The first-order valence-corrected chi connectivity index (χ1v) is 9.12. The van der Waals surface area contributed by atoms with E-state index in [1.807, 2.05) is 23.3 Å². The molecule has 0 saturated carbocycles. The predicted molar refractivity (Wildman–Crippen MR) is 91.9 cm³/mol. The summed E-state index contributed by atoms with van der Waals surface area (Å²) in [5.74, 6) is 0.0710. The van der Waals surface area contributed by atoms with Gasteiger partial charge in [0, 0.05) is 43.5 Å². The molecule has 0 radical (unpaired) electrons. The van der Waals surface area contributed by atoms with Crippen LogP contribution in [0, 0.1) is 12.3 Å². The van der Waals surface area contributed by atoms with Crippen LogP contribution in [0.4, 0.5) is 0 Å². The maximum Gasteiger partial charge on any atom is 0.273 e. The Morgan fingerprint density at radius 3 is 2.91 bits per heavy atom. The van der Waals surface area contributed by atoms with Gasteiger partial charge in [-0.25, -0.2) is 4.98 Å². The average molecular weight is 335 g/mol. The van der Waals surface area contributed by atoms with Crippen molar-refractivity contribution < 1.29 is 9.53 Å². The lowest BCUT2D eigenvalue weighted by atomic mass is 9.78. The molecule has 3 heterocycles. The number of carbonyl (C=O) groups excluding carboxylic acids is 1. The first-order valence-electron chi connectivity index (χ1n) is 8.24. The Labute approximate surface area is 141 Å². The van der Waals surface area contributed by atoms with E-state index in [0.29, 0.717) is 5.69 Å². The van der Waals surface area contributed by atoms with E-state index in [2.05, 4.69) is 16.5 Å². The molecule has 0 bridgehead atoms. The quantitative estimate of drug-likeness (QED) is 0.795. The van der Waals surface area contributed by atoms with Gasteiger partial charge in [0.2, 0.25) is 0 Å². The van der Waals surface area contributed by atoms with Crippen LogP contribution in [-0.4, -0.2) is 66.6 Å². The van der Waals surface area contributed by atoms with E-state index in [0.717, 1.165) is 63.8 Å². The van der Waals surface area contributed by atoms with Crippen LogP contribution >= 0.6 is 11.3 Å². The molecular formula is C17H25N3O2S. The standard InChI is InChI=1S/C17H25N3O2S/c1-3-6-19-9-10-22-13-17(12-19)4-7-20(8-5-17)16(21)15-11-23-14(2)18-15/h3,11H,1,4-10,12-13H2,2H3. The van der Waals surface area contributed by atoms with Crippen molar-refractivity contribution in [2.24, 2.45) is 5.41 Å². The summed E-state index contributed by atoms with van der Waals surface area (Å²) in [6.45, 7) is 11.9. The number of piperidine rings is 1. The molecule has 6 heteroatoms. The minimum atomic E-state index is 0.0710. The molecular weight excluding hydrogens is 310 g/mol. The van der Waals surface area contributed by atoms with Gasteiger partial charge in [-0.1, -0.05) is 6.08 Å². The third kappa shape index (κ3) is 3.82. The largest absolute Gasteiger partial charge is 0.379 e. The molecule has 1 aromatic rings. The Morgan fingerprint density at radius 1 is 1.48 bits per heavy atom. The molecule has 0 aromatic carbocycles. The second-order valence-electron chi connectivity index (χ2n) is 6.62. The van der Waals surface area contributed by atoms with E-state index in [1.54, 1.807) is 0 Å². The van der Waals surface area contributed by atoms with Crippen molar-refractivity contribution in [1.82, 2.24) is 14.8 Å². The summed E-state index contributed by atoms with van der Waals surface area (Å²) in [6, 6.07) is 0. The van der Waals surface area contributed by atoms with Gasteiger partial charge in [-0.3, -0.25) is 9.69 Å². The number of aryl methyl sites for hydroxylation is 1. The fraction of sp³-hybridized carbons (Fsp3) is 0.647. The first-order chi connectivity index (χ1) is 11.1. The second kappa shape index (κ2) is 7.11. The van der Waals surface area contributed by atoms with Crippen molar-refractivity contribution >= 4 is 17.2 Å². The maximum atomic E-state index is 12.5. The molecule has 1 spiro atoms. The van der Waals surface area contributed by atoms with Crippen molar-refractivity contribution in [3.8, 4) is 0 Å². The van der Waals surface area contributed by atoms with Crippen LogP contribution in [0.5, 0.6) is 0 Å². The van der Waals surface area contributed by atoms with Crippen molar-refractivity contribution in [2.75, 3.05) is 45.9 Å². The van der Waals surface area contributed by atoms with Gasteiger partial charge in [0.05, 0.1) is 18.2 Å². The van der Waals surface area contributed by atoms with Gasteiger partial charge in [0.1, 0.15) is 5.69 Å². The van der Waals surface area contributed by atoms with Crippen LogP contribution in [0.1, 0.15) is 28.3 Å². The number of aromatic nitrogens is 1. The Morgan fingerprint density at radius 2 is 2.26 bits per heavy atom. The van der Waals surface area contributed by atoms with Crippen LogP contribution in [0.3, 0.4) is 0 Å². The van der Waals surface area contributed by atoms with Crippen LogP contribution < -0.4 is 0 Å². The van der Waals surface area contributed by atoms with Crippen molar-refractivity contribution in [2.45, 2.75) is 19.8 Å². The summed E-state index contributed by atoms with van der Waals surface area (Å²) < 4.78 is 5.86. The number of ether oxygens (including phenoxy) is 1. The Hall–Kier alpha value is -1.24. The molecule has 23 heavy (non-hydrogen) atoms. The zero-order valence-electron chi connectivity index (χ0n) is 13.8. The van der Waals surface area contributed by atoms with Gasteiger partial charge < -0.3 is 9.64 Å². The first kappa shape index (κ1) is 16.6. The number of hydrogen-bond donors (Lipinski definition) is 0. The fourth-order valence-corrected chi connectivity index (χ4v) is 4.12. The van der Waals surface area contributed by atoms with Crippen molar-refractivity contribution in [3.63, 3.8) is 0 Å². The number of carbonyl (C=O) groups is 1. The molecule has 126 valence electrons. The zero-order valence-corrected chi connectivity index (χ0v) is 14.6. The third-order valence-corrected chi connectivity index (χ3v) is 5.63. The highest BCUT2D eigenvalue weighted by Crippen LogP contribution is 2.34. The van der Waals surface area contributed by atoms with Crippen LogP contribution in [-0.2, 0) is 4.74 Å². The van der Waals surface area contributed by atoms with E-state index in [4.69, 9.17) is 4.74 Å². The zero-order chi connectivity index (χ0) is 16.3. The number of likely N-dealkylation sites (tertiary alicyclic amines) is 1. The number of hydrogen-bond acceptors (Lipinski definition) is 5. The van der Waals surface area contributed by atoms with E-state index in [-0.39, 0.29) is 11.3 Å². The van der Waals surface area contributed by atoms with Crippen molar-refractivity contribution in [3.05, 3.63) is 28.7 Å². The van der Waals surface area contributed by atoms with Gasteiger partial charge in [0.15, 0.2) is 0 Å². The second-order valence-corrected chi connectivity index (χ2v) is 7.68. The van der Waals surface area contributed by atoms with Gasteiger partial charge >= 0.3 is 0 Å². The lowest BCUT2D eigenvalue weighted by Gasteiger charge is -2.42. The summed E-state index contributed by atoms with van der Waals surface area (Å²) in [6.07, 6.45) is 3.95. The van der Waals surface area contributed by atoms with E-state index in [1.165, 1.54) is 11.3 Å². The predicted octanol–water partition coefficient (Wildman–Crippen LogP) is 2.19. The summed E-state index contributed by atoms with van der Waals surface area (Å²) in [7, 11) is 0. The normalized spacial score (nSPS) is 22.0. The SMILES string of the molecule is C=CCN1CCOCC2(CCN(C(=O)c3csc(C)n3)CC2)C1. The van der Waals surface area contributed by atoms with Crippen LogP contribution in [0.2, 0.25) is 0 Å². The van der Waals surface area contributed by atoms with E-state index >= 15 is 0 Å². The molecule has 0 aliphatic carbocycles. The van der Waals surface area contributed by atoms with Gasteiger partial charge in [-0.2, -0.15) is 0 Å². The molecule has 2 aliphatic rings. The number of nitrogens with zero attached hydrogens (tertiary/aromatic N) is 3. The summed E-state index contributed by atoms with van der Waals surface area (Å²) in [5.41, 5.74) is 0.766. The average Bonchev–Trinajstić information content (AvgIpc) is 2.89. The smallest absolute Gasteiger partial charge is 0.273 e. The minimum Gasteiger partial charge on any atom is -0.379 e. The fourth-order valence-electron chi connectivity index (χ4n) is 3.53. The number of rotatable bonds is 3. The Balaban J connectivity index is 1.62. The molecule has 2 fully saturated rings. The monoisotopic (exact) mass is 335 g/mol. The summed E-state index contributed by atoms with van der Waals surface area (Å²) >= 11 is 1.53. The van der Waals surface area contributed by atoms with E-state index in [9.17, 15) is 4.79 Å². The lowest BCUT2D eigenvalue weighted by Crippen LogP contribution is -2.49.